The number of carbonyl (C=O) groups excluding carboxylic acids is 1. The summed E-state index contributed by atoms with van der Waals surface area (Å²) in [5.41, 5.74) is -0.510. The summed E-state index contributed by atoms with van der Waals surface area (Å²) in [6, 6.07) is 3.94. The Bertz CT molecular complexity index is 539. The first kappa shape index (κ1) is 19.7. The second kappa shape index (κ2) is 7.51. The van der Waals surface area contributed by atoms with Crippen LogP contribution >= 0.6 is 15.9 Å². The van der Waals surface area contributed by atoms with E-state index >= 15 is 0 Å². The van der Waals surface area contributed by atoms with E-state index in [1.807, 2.05) is 0 Å². The van der Waals surface area contributed by atoms with E-state index in [0.717, 1.165) is 6.07 Å². The van der Waals surface area contributed by atoms with Crippen molar-refractivity contribution in [3.63, 3.8) is 0 Å². The molecule has 130 valence electrons. The third-order valence-electron chi connectivity index (χ3n) is 2.63. The van der Waals surface area contributed by atoms with Crippen LogP contribution < -0.4 is 4.74 Å². The number of carbonyl (C=O) groups is 1. The molecular weight excluding hydrogens is 382 g/mol. The molecular formula is C15H18BrF4NO2. The monoisotopic (exact) mass is 399 g/mol. The number of alkyl halides is 3. The van der Waals surface area contributed by atoms with E-state index in [4.69, 9.17) is 4.74 Å². The Morgan fingerprint density at radius 1 is 1.22 bits per heavy atom. The summed E-state index contributed by atoms with van der Waals surface area (Å²) in [6.45, 7) is 3.05. The van der Waals surface area contributed by atoms with Crippen LogP contribution in [0.15, 0.2) is 22.7 Å². The zero-order valence-electron chi connectivity index (χ0n) is 13.0. The van der Waals surface area contributed by atoms with Gasteiger partial charge < -0.3 is 9.64 Å². The van der Waals surface area contributed by atoms with Gasteiger partial charge in [0.1, 0.15) is 6.54 Å². The minimum Gasteiger partial charge on any atom is -0.481 e. The molecule has 1 aromatic carbocycles. The molecule has 0 unspecified atom stereocenters. The lowest BCUT2D eigenvalue weighted by atomic mass is 9.96. The van der Waals surface area contributed by atoms with Crippen LogP contribution in [0.2, 0.25) is 0 Å². The Morgan fingerprint density at radius 3 is 2.30 bits per heavy atom. The maximum absolute atomic E-state index is 13.6. The maximum Gasteiger partial charge on any atom is 0.406 e. The van der Waals surface area contributed by atoms with Crippen LogP contribution in [0.25, 0.3) is 0 Å². The summed E-state index contributed by atoms with van der Waals surface area (Å²) in [5, 5.41) is 0. The maximum atomic E-state index is 13.6. The molecule has 0 bridgehead atoms. The molecule has 23 heavy (non-hydrogen) atoms. The lowest BCUT2D eigenvalue weighted by molar-refractivity contribution is -0.164. The van der Waals surface area contributed by atoms with E-state index in [1.54, 1.807) is 20.8 Å². The fourth-order valence-corrected chi connectivity index (χ4v) is 2.18. The fraction of sp³-hybridized carbons (Fsp3) is 0.533. The van der Waals surface area contributed by atoms with Gasteiger partial charge >= 0.3 is 6.18 Å². The number of halogens is 5. The van der Waals surface area contributed by atoms with Gasteiger partial charge in [0.25, 0.3) is 5.91 Å². The van der Waals surface area contributed by atoms with E-state index in [-0.39, 0.29) is 12.3 Å². The summed E-state index contributed by atoms with van der Waals surface area (Å²) in [4.78, 5) is 12.7. The van der Waals surface area contributed by atoms with Gasteiger partial charge in [-0.2, -0.15) is 13.2 Å². The quantitative estimate of drug-likeness (QED) is 0.686. The molecule has 0 radical (unpaired) electrons. The van der Waals surface area contributed by atoms with Crippen molar-refractivity contribution in [2.45, 2.75) is 26.9 Å². The fourth-order valence-electron chi connectivity index (χ4n) is 1.84. The van der Waals surface area contributed by atoms with E-state index in [9.17, 15) is 22.4 Å². The highest BCUT2D eigenvalue weighted by Gasteiger charge is 2.34. The smallest absolute Gasteiger partial charge is 0.406 e. The molecule has 3 nitrogen and oxygen atoms in total. The molecule has 0 spiro atoms. The predicted octanol–water partition coefficient (Wildman–Crippen LogP) is 4.40. The molecule has 0 N–H and O–H groups in total. The predicted molar refractivity (Wildman–Crippen MR) is 81.7 cm³/mol. The second-order valence-corrected chi connectivity index (χ2v) is 7.20. The molecule has 0 saturated carbocycles. The minimum absolute atomic E-state index is 0.0858. The highest BCUT2D eigenvalue weighted by Crippen LogP contribution is 2.23. The van der Waals surface area contributed by atoms with Crippen molar-refractivity contribution in [2.75, 3.05) is 19.7 Å². The largest absolute Gasteiger partial charge is 0.481 e. The average molecular weight is 400 g/mol. The molecule has 1 amide bonds. The van der Waals surface area contributed by atoms with Gasteiger partial charge in [-0.05, 0) is 23.6 Å². The van der Waals surface area contributed by atoms with Crippen molar-refractivity contribution in [2.24, 2.45) is 5.41 Å². The van der Waals surface area contributed by atoms with Gasteiger partial charge in [0.2, 0.25) is 0 Å². The lowest BCUT2D eigenvalue weighted by Crippen LogP contribution is -2.45. The van der Waals surface area contributed by atoms with Crippen LogP contribution in [0.5, 0.6) is 5.75 Å². The van der Waals surface area contributed by atoms with E-state index < -0.39 is 36.5 Å². The second-order valence-electron chi connectivity index (χ2n) is 6.29. The van der Waals surface area contributed by atoms with Crippen LogP contribution in [0, 0.1) is 11.2 Å². The molecule has 0 aliphatic rings. The first-order valence-corrected chi connectivity index (χ1v) is 7.59. The molecule has 0 saturated heterocycles. The third kappa shape index (κ3) is 7.67. The van der Waals surface area contributed by atoms with E-state index in [0.29, 0.717) is 9.37 Å². The molecule has 0 aliphatic heterocycles. The third-order valence-corrected chi connectivity index (χ3v) is 3.13. The highest BCUT2D eigenvalue weighted by atomic mass is 79.9. The highest BCUT2D eigenvalue weighted by molar-refractivity contribution is 9.10. The number of rotatable bonds is 5. The molecule has 0 fully saturated rings. The van der Waals surface area contributed by atoms with Gasteiger partial charge in [-0.1, -0.05) is 36.7 Å². The zero-order chi connectivity index (χ0) is 17.8. The van der Waals surface area contributed by atoms with Gasteiger partial charge in [0, 0.05) is 11.0 Å². The molecule has 0 aromatic heterocycles. The number of ether oxygens (including phenoxy) is 1. The zero-order valence-corrected chi connectivity index (χ0v) is 14.6. The first-order valence-electron chi connectivity index (χ1n) is 6.80. The van der Waals surface area contributed by atoms with Crippen molar-refractivity contribution in [3.8, 4) is 5.75 Å². The Balaban J connectivity index is 2.76. The van der Waals surface area contributed by atoms with Crippen LogP contribution in [0.1, 0.15) is 20.8 Å². The van der Waals surface area contributed by atoms with Crippen molar-refractivity contribution in [1.29, 1.82) is 0 Å². The van der Waals surface area contributed by atoms with Crippen molar-refractivity contribution in [1.82, 2.24) is 4.90 Å². The molecule has 0 atom stereocenters. The van der Waals surface area contributed by atoms with Crippen LogP contribution in [-0.2, 0) is 4.79 Å². The van der Waals surface area contributed by atoms with Gasteiger partial charge in [0.15, 0.2) is 18.2 Å². The number of nitrogens with zero attached hydrogens (tertiary/aromatic N) is 1. The van der Waals surface area contributed by atoms with Crippen LogP contribution in [0.3, 0.4) is 0 Å². The summed E-state index contributed by atoms with van der Waals surface area (Å²) < 4.78 is 56.9. The van der Waals surface area contributed by atoms with Crippen molar-refractivity contribution >= 4 is 21.8 Å². The van der Waals surface area contributed by atoms with Gasteiger partial charge in [-0.15, -0.1) is 0 Å². The van der Waals surface area contributed by atoms with E-state index in [1.165, 1.54) is 12.1 Å². The number of hydrogen-bond donors (Lipinski definition) is 0. The minimum atomic E-state index is -4.51. The molecule has 1 rings (SSSR count). The molecule has 8 heteroatoms. The molecule has 1 aromatic rings. The summed E-state index contributed by atoms with van der Waals surface area (Å²) in [6.07, 6.45) is -4.51. The topological polar surface area (TPSA) is 29.5 Å². The Morgan fingerprint density at radius 2 is 1.83 bits per heavy atom. The molecule has 0 aliphatic carbocycles. The van der Waals surface area contributed by atoms with Crippen molar-refractivity contribution < 1.29 is 27.1 Å². The Kier molecular flexibility index (Phi) is 6.44. The summed E-state index contributed by atoms with van der Waals surface area (Å²) in [5.74, 6) is -1.74. The van der Waals surface area contributed by atoms with Crippen molar-refractivity contribution in [3.05, 3.63) is 28.5 Å². The SMILES string of the molecule is CC(C)(C)CN(CC(F)(F)F)C(=O)COc1ccc(Br)cc1F. The Labute approximate surface area is 140 Å². The average Bonchev–Trinajstić information content (AvgIpc) is 2.33. The number of hydrogen-bond acceptors (Lipinski definition) is 2. The molecule has 0 heterocycles. The standard InChI is InChI=1S/C15H18BrF4NO2/c1-14(2,3)8-21(9-15(18,19)20)13(22)7-23-12-5-4-10(16)6-11(12)17/h4-6H,7-9H2,1-3H3. The number of amides is 1. The summed E-state index contributed by atoms with van der Waals surface area (Å²) in [7, 11) is 0. The Hall–Kier alpha value is -1.31. The normalized spacial score (nSPS) is 12.2. The van der Waals surface area contributed by atoms with Gasteiger partial charge in [-0.25, -0.2) is 4.39 Å². The number of benzene rings is 1. The first-order chi connectivity index (χ1) is 10.4. The summed E-state index contributed by atoms with van der Waals surface area (Å²) >= 11 is 3.07. The van der Waals surface area contributed by atoms with Crippen LogP contribution in [0.4, 0.5) is 17.6 Å². The van der Waals surface area contributed by atoms with E-state index in [2.05, 4.69) is 15.9 Å². The van der Waals surface area contributed by atoms with Gasteiger partial charge in [-0.3, -0.25) is 4.79 Å². The lowest BCUT2D eigenvalue weighted by Gasteiger charge is -2.30. The van der Waals surface area contributed by atoms with Crippen LogP contribution in [-0.4, -0.2) is 36.7 Å². The van der Waals surface area contributed by atoms with Gasteiger partial charge in [0.05, 0.1) is 0 Å².